The first-order valence-electron chi connectivity index (χ1n) is 8.24. The summed E-state index contributed by atoms with van der Waals surface area (Å²) in [5, 5.41) is 0. The SMILES string of the molecule is CCCn1cncc1C(CN)N1CCCC(CC)CC1. The number of aromatic nitrogens is 2. The third-order valence-corrected chi connectivity index (χ3v) is 4.67. The molecule has 4 heteroatoms. The number of nitrogens with zero attached hydrogens (tertiary/aromatic N) is 3. The van der Waals surface area contributed by atoms with E-state index in [9.17, 15) is 0 Å². The second kappa shape index (κ2) is 7.79. The molecule has 20 heavy (non-hydrogen) atoms. The molecule has 0 aromatic carbocycles. The number of likely N-dealkylation sites (tertiary alicyclic amines) is 1. The summed E-state index contributed by atoms with van der Waals surface area (Å²) in [7, 11) is 0. The molecule has 4 nitrogen and oxygen atoms in total. The van der Waals surface area contributed by atoms with Crippen LogP contribution < -0.4 is 5.73 Å². The van der Waals surface area contributed by atoms with Crippen LogP contribution in [0.3, 0.4) is 0 Å². The van der Waals surface area contributed by atoms with Crippen molar-refractivity contribution in [1.82, 2.24) is 14.5 Å². The van der Waals surface area contributed by atoms with Gasteiger partial charge < -0.3 is 10.3 Å². The van der Waals surface area contributed by atoms with Crippen LogP contribution in [0.2, 0.25) is 0 Å². The average Bonchev–Trinajstić information content (AvgIpc) is 2.78. The number of rotatable bonds is 6. The monoisotopic (exact) mass is 278 g/mol. The van der Waals surface area contributed by atoms with E-state index in [-0.39, 0.29) is 0 Å². The van der Waals surface area contributed by atoms with Crippen LogP contribution in [-0.2, 0) is 6.54 Å². The Labute approximate surface area is 123 Å². The first kappa shape index (κ1) is 15.5. The van der Waals surface area contributed by atoms with Crippen LogP contribution in [0.5, 0.6) is 0 Å². The molecule has 0 amide bonds. The van der Waals surface area contributed by atoms with Gasteiger partial charge in [-0.2, -0.15) is 0 Å². The fourth-order valence-electron chi connectivity index (χ4n) is 3.40. The highest BCUT2D eigenvalue weighted by atomic mass is 15.2. The highest BCUT2D eigenvalue weighted by Crippen LogP contribution is 2.26. The normalized spacial score (nSPS) is 22.6. The Balaban J connectivity index is 2.08. The van der Waals surface area contributed by atoms with Crippen molar-refractivity contribution >= 4 is 0 Å². The molecule has 0 radical (unpaired) electrons. The van der Waals surface area contributed by atoms with Gasteiger partial charge in [-0.05, 0) is 44.7 Å². The maximum Gasteiger partial charge on any atom is 0.0948 e. The lowest BCUT2D eigenvalue weighted by Crippen LogP contribution is -2.36. The van der Waals surface area contributed by atoms with Gasteiger partial charge in [-0.1, -0.05) is 20.3 Å². The Kier molecular flexibility index (Phi) is 6.05. The molecular formula is C16H30N4. The summed E-state index contributed by atoms with van der Waals surface area (Å²) in [5.74, 6) is 0.902. The molecule has 0 spiro atoms. The summed E-state index contributed by atoms with van der Waals surface area (Å²) in [4.78, 5) is 6.92. The molecule has 2 atom stereocenters. The number of aryl methyl sites for hydroxylation is 1. The highest BCUT2D eigenvalue weighted by Gasteiger charge is 2.25. The van der Waals surface area contributed by atoms with Crippen LogP contribution in [0, 0.1) is 5.92 Å². The molecule has 1 saturated heterocycles. The minimum atomic E-state index is 0.333. The maximum atomic E-state index is 6.10. The van der Waals surface area contributed by atoms with Crippen LogP contribution in [0.15, 0.2) is 12.5 Å². The summed E-state index contributed by atoms with van der Waals surface area (Å²) in [6.07, 6.45) is 10.4. The van der Waals surface area contributed by atoms with E-state index in [1.807, 2.05) is 12.5 Å². The van der Waals surface area contributed by atoms with Gasteiger partial charge >= 0.3 is 0 Å². The van der Waals surface area contributed by atoms with Gasteiger partial charge in [0, 0.05) is 19.3 Å². The van der Waals surface area contributed by atoms with E-state index in [0.717, 1.165) is 18.9 Å². The minimum absolute atomic E-state index is 0.333. The number of hydrogen-bond donors (Lipinski definition) is 1. The van der Waals surface area contributed by atoms with E-state index in [2.05, 4.69) is 28.3 Å². The molecule has 0 saturated carbocycles. The third kappa shape index (κ3) is 3.61. The Morgan fingerprint density at radius 1 is 1.35 bits per heavy atom. The Morgan fingerprint density at radius 2 is 2.20 bits per heavy atom. The van der Waals surface area contributed by atoms with E-state index < -0.39 is 0 Å². The van der Waals surface area contributed by atoms with Gasteiger partial charge in [0.1, 0.15) is 0 Å². The number of imidazole rings is 1. The van der Waals surface area contributed by atoms with Crippen LogP contribution in [0.25, 0.3) is 0 Å². The van der Waals surface area contributed by atoms with E-state index in [1.54, 1.807) is 0 Å². The molecule has 1 fully saturated rings. The predicted octanol–water partition coefficient (Wildman–Crippen LogP) is 2.81. The van der Waals surface area contributed by atoms with Crippen molar-refractivity contribution in [3.8, 4) is 0 Å². The largest absolute Gasteiger partial charge is 0.333 e. The minimum Gasteiger partial charge on any atom is -0.333 e. The van der Waals surface area contributed by atoms with Gasteiger partial charge in [0.15, 0.2) is 0 Å². The third-order valence-electron chi connectivity index (χ3n) is 4.67. The zero-order chi connectivity index (χ0) is 14.4. The van der Waals surface area contributed by atoms with Gasteiger partial charge in [0.05, 0.1) is 18.1 Å². The lowest BCUT2D eigenvalue weighted by molar-refractivity contribution is 0.199. The maximum absolute atomic E-state index is 6.10. The predicted molar refractivity (Wildman–Crippen MR) is 83.5 cm³/mol. The summed E-state index contributed by atoms with van der Waals surface area (Å²) < 4.78 is 2.28. The van der Waals surface area contributed by atoms with Crippen molar-refractivity contribution in [2.75, 3.05) is 19.6 Å². The molecule has 2 heterocycles. The topological polar surface area (TPSA) is 47.1 Å². The molecule has 114 valence electrons. The van der Waals surface area contributed by atoms with Gasteiger partial charge in [-0.25, -0.2) is 4.98 Å². The zero-order valence-electron chi connectivity index (χ0n) is 13.1. The molecule has 1 aliphatic rings. The number of nitrogens with two attached hydrogens (primary N) is 1. The Morgan fingerprint density at radius 3 is 2.90 bits per heavy atom. The molecule has 2 N–H and O–H groups in total. The summed E-state index contributed by atoms with van der Waals surface area (Å²) in [5.41, 5.74) is 7.39. The van der Waals surface area contributed by atoms with Gasteiger partial charge in [0.2, 0.25) is 0 Å². The second-order valence-corrected chi connectivity index (χ2v) is 6.00. The van der Waals surface area contributed by atoms with Crippen molar-refractivity contribution in [3.05, 3.63) is 18.2 Å². The summed E-state index contributed by atoms with van der Waals surface area (Å²) >= 11 is 0. The summed E-state index contributed by atoms with van der Waals surface area (Å²) in [6, 6.07) is 0.333. The van der Waals surface area contributed by atoms with Gasteiger partial charge in [0.25, 0.3) is 0 Å². The molecule has 2 unspecified atom stereocenters. The highest BCUT2D eigenvalue weighted by molar-refractivity contribution is 5.07. The van der Waals surface area contributed by atoms with Crippen molar-refractivity contribution in [2.24, 2.45) is 11.7 Å². The molecule has 1 aromatic rings. The van der Waals surface area contributed by atoms with Gasteiger partial charge in [-0.3, -0.25) is 4.90 Å². The average molecular weight is 278 g/mol. The fraction of sp³-hybridized carbons (Fsp3) is 0.812. The van der Waals surface area contributed by atoms with Crippen LogP contribution in [0.4, 0.5) is 0 Å². The van der Waals surface area contributed by atoms with E-state index >= 15 is 0 Å². The lowest BCUT2D eigenvalue weighted by Gasteiger charge is -2.30. The van der Waals surface area contributed by atoms with E-state index in [1.165, 1.54) is 44.5 Å². The molecule has 1 aromatic heterocycles. The quantitative estimate of drug-likeness (QED) is 0.870. The van der Waals surface area contributed by atoms with Crippen molar-refractivity contribution < 1.29 is 0 Å². The molecular weight excluding hydrogens is 248 g/mol. The second-order valence-electron chi connectivity index (χ2n) is 6.00. The van der Waals surface area contributed by atoms with Crippen LogP contribution in [0.1, 0.15) is 57.7 Å². The first-order chi connectivity index (χ1) is 9.80. The fourth-order valence-corrected chi connectivity index (χ4v) is 3.40. The van der Waals surface area contributed by atoms with Crippen LogP contribution >= 0.6 is 0 Å². The molecule has 0 aliphatic carbocycles. The number of hydrogen-bond acceptors (Lipinski definition) is 3. The van der Waals surface area contributed by atoms with Crippen LogP contribution in [-0.4, -0.2) is 34.1 Å². The van der Waals surface area contributed by atoms with Crippen molar-refractivity contribution in [3.63, 3.8) is 0 Å². The Hall–Kier alpha value is -0.870. The smallest absolute Gasteiger partial charge is 0.0948 e. The van der Waals surface area contributed by atoms with Gasteiger partial charge in [-0.15, -0.1) is 0 Å². The molecule has 2 rings (SSSR count). The summed E-state index contributed by atoms with van der Waals surface area (Å²) in [6.45, 7) is 8.60. The molecule has 0 bridgehead atoms. The van der Waals surface area contributed by atoms with E-state index in [0.29, 0.717) is 12.6 Å². The standard InChI is InChI=1S/C16H30N4/c1-3-8-20-13-18-12-16(20)15(11-17)19-9-5-6-14(4-2)7-10-19/h12-15H,3-11,17H2,1-2H3. The van der Waals surface area contributed by atoms with Crippen molar-refractivity contribution in [1.29, 1.82) is 0 Å². The lowest BCUT2D eigenvalue weighted by atomic mass is 9.98. The first-order valence-corrected chi connectivity index (χ1v) is 8.24. The zero-order valence-corrected chi connectivity index (χ0v) is 13.1. The van der Waals surface area contributed by atoms with E-state index in [4.69, 9.17) is 5.73 Å². The Bertz CT molecular complexity index is 388. The molecule has 1 aliphatic heterocycles. The van der Waals surface area contributed by atoms with Crippen molar-refractivity contribution in [2.45, 2.75) is 58.5 Å².